The van der Waals surface area contributed by atoms with Crippen molar-refractivity contribution in [2.45, 2.75) is 81.7 Å². The van der Waals surface area contributed by atoms with E-state index in [0.717, 1.165) is 16.7 Å². The van der Waals surface area contributed by atoms with Gasteiger partial charge in [-0.15, -0.1) is 0 Å². The van der Waals surface area contributed by atoms with E-state index in [4.69, 9.17) is 4.74 Å². The Labute approximate surface area is 249 Å². The van der Waals surface area contributed by atoms with Crippen LogP contribution in [-0.4, -0.2) is 11.0 Å². The highest BCUT2D eigenvalue weighted by Crippen LogP contribution is 2.24. The van der Waals surface area contributed by atoms with Crippen LogP contribution in [0.5, 0.6) is 0 Å². The predicted octanol–water partition coefficient (Wildman–Crippen LogP) is 9.57. The SMILES string of the molecule is CC.CC.CC.CC.O=C(NCc1ccc(COCc2ccccc2-c2ccccc2)cc1)NCc1cccnc1. The summed E-state index contributed by atoms with van der Waals surface area (Å²) in [5, 5.41) is 5.70. The lowest BCUT2D eigenvalue weighted by Crippen LogP contribution is -2.34. The highest BCUT2D eigenvalue weighted by Gasteiger charge is 2.05. The minimum atomic E-state index is -0.205. The van der Waals surface area contributed by atoms with E-state index in [2.05, 4.69) is 45.9 Å². The van der Waals surface area contributed by atoms with Gasteiger partial charge in [-0.05, 0) is 39.4 Å². The number of nitrogens with zero attached hydrogens (tertiary/aromatic N) is 1. The van der Waals surface area contributed by atoms with Crippen molar-refractivity contribution in [3.63, 3.8) is 0 Å². The summed E-state index contributed by atoms with van der Waals surface area (Å²) < 4.78 is 6.00. The van der Waals surface area contributed by atoms with Crippen molar-refractivity contribution in [3.8, 4) is 11.1 Å². The topological polar surface area (TPSA) is 63.2 Å². The molecule has 0 saturated heterocycles. The third kappa shape index (κ3) is 14.8. The van der Waals surface area contributed by atoms with Gasteiger partial charge in [0.15, 0.2) is 0 Å². The second kappa shape index (κ2) is 25.0. The van der Waals surface area contributed by atoms with Crippen molar-refractivity contribution >= 4 is 6.03 Å². The quantitative estimate of drug-likeness (QED) is 0.215. The van der Waals surface area contributed by atoms with E-state index < -0.39 is 0 Å². The predicted molar refractivity (Wildman–Crippen MR) is 176 cm³/mol. The molecule has 0 fully saturated rings. The highest BCUT2D eigenvalue weighted by molar-refractivity contribution is 5.73. The first-order valence-corrected chi connectivity index (χ1v) is 15.0. The number of rotatable bonds is 9. The van der Waals surface area contributed by atoms with Crippen LogP contribution >= 0.6 is 0 Å². The molecule has 2 amide bonds. The van der Waals surface area contributed by atoms with Gasteiger partial charge in [0.25, 0.3) is 0 Å². The Bertz CT molecular complexity index is 1150. The Hall–Kier alpha value is -3.96. The summed E-state index contributed by atoms with van der Waals surface area (Å²) in [4.78, 5) is 16.0. The summed E-state index contributed by atoms with van der Waals surface area (Å²) in [6.07, 6.45) is 3.45. The average molecular weight is 558 g/mol. The van der Waals surface area contributed by atoms with Crippen LogP contribution in [0.2, 0.25) is 0 Å². The van der Waals surface area contributed by atoms with Crippen molar-refractivity contribution in [1.82, 2.24) is 15.6 Å². The van der Waals surface area contributed by atoms with Gasteiger partial charge in [0, 0.05) is 25.5 Å². The monoisotopic (exact) mass is 557 g/mol. The molecule has 5 nitrogen and oxygen atoms in total. The van der Waals surface area contributed by atoms with Gasteiger partial charge < -0.3 is 15.4 Å². The minimum Gasteiger partial charge on any atom is -0.372 e. The van der Waals surface area contributed by atoms with Crippen LogP contribution in [-0.2, 0) is 31.0 Å². The molecule has 2 N–H and O–H groups in total. The van der Waals surface area contributed by atoms with Crippen molar-refractivity contribution in [3.05, 3.63) is 126 Å². The number of aromatic nitrogens is 1. The van der Waals surface area contributed by atoms with E-state index >= 15 is 0 Å². The second-order valence-corrected chi connectivity index (χ2v) is 7.73. The van der Waals surface area contributed by atoms with Gasteiger partial charge in [-0.1, -0.05) is 140 Å². The average Bonchev–Trinajstić information content (AvgIpc) is 3.08. The zero-order valence-corrected chi connectivity index (χ0v) is 26.4. The fourth-order valence-electron chi connectivity index (χ4n) is 3.51. The summed E-state index contributed by atoms with van der Waals surface area (Å²) in [6.45, 7) is 18.0. The third-order valence-electron chi connectivity index (χ3n) is 5.28. The van der Waals surface area contributed by atoms with Gasteiger partial charge in [-0.25, -0.2) is 4.79 Å². The van der Waals surface area contributed by atoms with E-state index in [1.165, 1.54) is 16.7 Å². The van der Waals surface area contributed by atoms with Crippen molar-refractivity contribution in [2.24, 2.45) is 0 Å². The molecule has 4 rings (SSSR count). The lowest BCUT2D eigenvalue weighted by Gasteiger charge is -2.11. The molecule has 1 heterocycles. The molecule has 222 valence electrons. The number of carbonyl (C=O) groups is 1. The van der Waals surface area contributed by atoms with Gasteiger partial charge in [0.2, 0.25) is 0 Å². The van der Waals surface area contributed by atoms with Gasteiger partial charge >= 0.3 is 6.03 Å². The molecule has 0 radical (unpaired) electrons. The van der Waals surface area contributed by atoms with Crippen LogP contribution in [0.1, 0.15) is 77.6 Å². The Kier molecular flexibility index (Phi) is 22.6. The first-order chi connectivity index (χ1) is 20.3. The number of benzene rings is 3. The number of nitrogens with one attached hydrogen (secondary N) is 2. The van der Waals surface area contributed by atoms with Gasteiger partial charge in [-0.3, -0.25) is 4.98 Å². The van der Waals surface area contributed by atoms with Gasteiger partial charge in [-0.2, -0.15) is 0 Å². The highest BCUT2D eigenvalue weighted by atomic mass is 16.5. The fraction of sp³-hybridized carbons (Fsp3) is 0.333. The molecule has 0 atom stereocenters. The normalized spacial score (nSPS) is 9.07. The number of urea groups is 1. The third-order valence-corrected chi connectivity index (χ3v) is 5.28. The molecule has 0 bridgehead atoms. The van der Waals surface area contributed by atoms with Crippen LogP contribution in [0.3, 0.4) is 0 Å². The summed E-state index contributed by atoms with van der Waals surface area (Å²) >= 11 is 0. The molecule has 41 heavy (non-hydrogen) atoms. The molecule has 3 aromatic carbocycles. The molecule has 0 aliphatic heterocycles. The first kappa shape index (κ1) is 37.0. The summed E-state index contributed by atoms with van der Waals surface area (Å²) in [5.74, 6) is 0. The number of ether oxygens (including phenoxy) is 1. The molecular formula is C36H51N3O2. The number of amides is 2. The van der Waals surface area contributed by atoms with Crippen LogP contribution < -0.4 is 10.6 Å². The largest absolute Gasteiger partial charge is 0.372 e. The minimum absolute atomic E-state index is 0.205. The van der Waals surface area contributed by atoms with E-state index in [1.807, 2.05) is 116 Å². The van der Waals surface area contributed by atoms with Gasteiger partial charge in [0.05, 0.1) is 13.2 Å². The maximum atomic E-state index is 12.0. The molecule has 0 saturated carbocycles. The van der Waals surface area contributed by atoms with Crippen molar-refractivity contribution in [1.29, 1.82) is 0 Å². The Morgan fingerprint density at radius 1 is 0.610 bits per heavy atom. The molecule has 0 aliphatic carbocycles. The van der Waals surface area contributed by atoms with E-state index in [1.54, 1.807) is 12.4 Å². The Morgan fingerprint density at radius 3 is 1.78 bits per heavy atom. The van der Waals surface area contributed by atoms with Crippen LogP contribution in [0.25, 0.3) is 11.1 Å². The van der Waals surface area contributed by atoms with E-state index in [-0.39, 0.29) is 6.03 Å². The van der Waals surface area contributed by atoms with Gasteiger partial charge in [0.1, 0.15) is 0 Å². The Morgan fingerprint density at radius 2 is 1.17 bits per heavy atom. The van der Waals surface area contributed by atoms with Crippen molar-refractivity contribution < 1.29 is 9.53 Å². The molecular weight excluding hydrogens is 506 g/mol. The zero-order chi connectivity index (χ0) is 30.7. The molecule has 0 spiro atoms. The smallest absolute Gasteiger partial charge is 0.315 e. The first-order valence-electron chi connectivity index (χ1n) is 15.0. The van der Waals surface area contributed by atoms with Crippen molar-refractivity contribution in [2.75, 3.05) is 0 Å². The van der Waals surface area contributed by atoms with E-state index in [9.17, 15) is 4.79 Å². The second-order valence-electron chi connectivity index (χ2n) is 7.73. The fourth-order valence-corrected chi connectivity index (χ4v) is 3.51. The summed E-state index contributed by atoms with van der Waals surface area (Å²) in [7, 11) is 0. The zero-order valence-electron chi connectivity index (χ0n) is 26.4. The number of hydrogen-bond donors (Lipinski definition) is 2. The van der Waals surface area contributed by atoms with Crippen LogP contribution in [0.4, 0.5) is 4.79 Å². The summed E-state index contributed by atoms with van der Waals surface area (Å²) in [6, 6.07) is 30.3. The van der Waals surface area contributed by atoms with E-state index in [0.29, 0.717) is 26.3 Å². The molecule has 5 heteroatoms. The summed E-state index contributed by atoms with van der Waals surface area (Å²) in [5.41, 5.74) is 6.64. The lowest BCUT2D eigenvalue weighted by molar-refractivity contribution is 0.107. The van der Waals surface area contributed by atoms with Crippen LogP contribution in [0.15, 0.2) is 103 Å². The molecule has 4 aromatic rings. The molecule has 0 aliphatic rings. The maximum Gasteiger partial charge on any atom is 0.315 e. The number of pyridine rings is 1. The van der Waals surface area contributed by atoms with Crippen LogP contribution in [0, 0.1) is 0 Å². The molecule has 1 aromatic heterocycles. The standard InChI is InChI=1S/C28H27N3O2.4C2H6/c32-28(31-19-24-7-6-16-29-17-24)30-18-22-12-14-23(15-13-22)20-33-21-26-10-4-5-11-27(26)25-8-2-1-3-9-25;4*1-2/h1-17H,18-21H2,(H2,30,31,32);4*1-2H3. The molecule has 0 unspecified atom stereocenters. The Balaban J connectivity index is 0.00000184. The number of hydrogen-bond acceptors (Lipinski definition) is 3. The number of carbonyl (C=O) groups excluding carboxylic acids is 1. The lowest BCUT2D eigenvalue weighted by atomic mass is 10.0. The maximum absolute atomic E-state index is 12.0.